The molecule has 5 heteroatoms. The first-order chi connectivity index (χ1) is 6.70. The summed E-state index contributed by atoms with van der Waals surface area (Å²) in [7, 11) is 0. The third-order valence-electron chi connectivity index (χ3n) is 1.59. The van der Waals surface area contributed by atoms with Gasteiger partial charge in [-0.3, -0.25) is 4.79 Å². The summed E-state index contributed by atoms with van der Waals surface area (Å²) in [6.07, 6.45) is 0.311. The summed E-state index contributed by atoms with van der Waals surface area (Å²) >= 11 is 0. The van der Waals surface area contributed by atoms with E-state index in [1.807, 2.05) is 0 Å². The molecule has 88 valence electrons. The number of hydrogen-bond acceptors (Lipinski definition) is 3. The van der Waals surface area contributed by atoms with Crippen LogP contribution in [0.15, 0.2) is 0 Å². The van der Waals surface area contributed by atoms with Crippen LogP contribution < -0.4 is 11.1 Å². The highest BCUT2D eigenvalue weighted by Crippen LogP contribution is 2.07. The lowest BCUT2D eigenvalue weighted by atomic mass is 10.2. The standard InChI is InChI=1S/C10H20N2O3/c1-7(5-6-8(11)13)12-9(14)15-10(2,3)4/h7H,5-6H2,1-4H3,(H2,11,13)(H,12,14)/t7-/m0/s1. The van der Waals surface area contributed by atoms with Gasteiger partial charge in [-0.1, -0.05) is 0 Å². The summed E-state index contributed by atoms with van der Waals surface area (Å²) in [4.78, 5) is 21.8. The van der Waals surface area contributed by atoms with Gasteiger partial charge < -0.3 is 15.8 Å². The molecule has 0 aromatic carbocycles. The van der Waals surface area contributed by atoms with Crippen molar-refractivity contribution in [2.45, 2.75) is 52.2 Å². The van der Waals surface area contributed by atoms with Gasteiger partial charge in [-0.05, 0) is 34.1 Å². The molecule has 1 atom stereocenters. The predicted molar refractivity (Wildman–Crippen MR) is 57.3 cm³/mol. The number of nitrogens with two attached hydrogens (primary N) is 1. The van der Waals surface area contributed by atoms with Crippen LogP contribution in [0.3, 0.4) is 0 Å². The Balaban J connectivity index is 3.81. The van der Waals surface area contributed by atoms with Gasteiger partial charge in [0.1, 0.15) is 5.60 Å². The first kappa shape index (κ1) is 13.7. The van der Waals surface area contributed by atoms with Crippen molar-refractivity contribution < 1.29 is 14.3 Å². The molecular weight excluding hydrogens is 196 g/mol. The average Bonchev–Trinajstić information content (AvgIpc) is 1.96. The van der Waals surface area contributed by atoms with Crippen molar-refractivity contribution in [2.75, 3.05) is 0 Å². The van der Waals surface area contributed by atoms with Crippen molar-refractivity contribution in [1.82, 2.24) is 5.32 Å². The Morgan fingerprint density at radius 2 is 1.93 bits per heavy atom. The van der Waals surface area contributed by atoms with E-state index in [1.54, 1.807) is 27.7 Å². The molecule has 0 fully saturated rings. The highest BCUT2D eigenvalue weighted by Gasteiger charge is 2.17. The van der Waals surface area contributed by atoms with E-state index >= 15 is 0 Å². The largest absolute Gasteiger partial charge is 0.444 e. The number of alkyl carbamates (subject to hydrolysis) is 1. The summed E-state index contributed by atoms with van der Waals surface area (Å²) < 4.78 is 5.05. The topological polar surface area (TPSA) is 81.4 Å². The van der Waals surface area contributed by atoms with Crippen LogP contribution in [0.5, 0.6) is 0 Å². The molecule has 5 nitrogen and oxygen atoms in total. The molecule has 0 aliphatic heterocycles. The summed E-state index contributed by atoms with van der Waals surface area (Å²) in [6, 6.07) is -0.118. The van der Waals surface area contributed by atoms with E-state index in [0.717, 1.165) is 0 Å². The van der Waals surface area contributed by atoms with Gasteiger partial charge >= 0.3 is 6.09 Å². The summed E-state index contributed by atoms with van der Waals surface area (Å²) in [5.41, 5.74) is 4.48. The van der Waals surface area contributed by atoms with Crippen LogP contribution in [0, 0.1) is 0 Å². The number of amides is 2. The third-order valence-corrected chi connectivity index (χ3v) is 1.59. The van der Waals surface area contributed by atoms with Crippen molar-refractivity contribution in [1.29, 1.82) is 0 Å². The van der Waals surface area contributed by atoms with E-state index in [2.05, 4.69) is 5.32 Å². The summed E-state index contributed by atoms with van der Waals surface area (Å²) in [5, 5.41) is 2.62. The lowest BCUT2D eigenvalue weighted by Crippen LogP contribution is -2.38. The molecule has 2 amide bonds. The van der Waals surface area contributed by atoms with E-state index in [-0.39, 0.29) is 18.4 Å². The van der Waals surface area contributed by atoms with Crippen molar-refractivity contribution in [3.63, 3.8) is 0 Å². The predicted octanol–water partition coefficient (Wildman–Crippen LogP) is 1.17. The Kier molecular flexibility index (Phi) is 5.11. The van der Waals surface area contributed by atoms with Gasteiger partial charge in [0.25, 0.3) is 0 Å². The number of ether oxygens (including phenoxy) is 1. The van der Waals surface area contributed by atoms with Crippen molar-refractivity contribution in [2.24, 2.45) is 5.73 Å². The second-order valence-corrected chi connectivity index (χ2v) is 4.55. The highest BCUT2D eigenvalue weighted by atomic mass is 16.6. The van der Waals surface area contributed by atoms with Gasteiger partial charge in [0.2, 0.25) is 5.91 Å². The monoisotopic (exact) mass is 216 g/mol. The maximum Gasteiger partial charge on any atom is 0.407 e. The van der Waals surface area contributed by atoms with Crippen LogP contribution in [0.2, 0.25) is 0 Å². The van der Waals surface area contributed by atoms with Gasteiger partial charge in [0, 0.05) is 12.5 Å². The van der Waals surface area contributed by atoms with Gasteiger partial charge in [0.05, 0.1) is 0 Å². The number of nitrogens with one attached hydrogen (secondary N) is 1. The minimum absolute atomic E-state index is 0.118. The normalized spacial score (nSPS) is 13.1. The lowest BCUT2D eigenvalue weighted by molar-refractivity contribution is -0.118. The molecule has 0 saturated carbocycles. The SMILES string of the molecule is C[C@@H](CCC(N)=O)NC(=O)OC(C)(C)C. The Labute approximate surface area is 90.4 Å². The number of rotatable bonds is 4. The maximum atomic E-state index is 11.3. The Morgan fingerprint density at radius 1 is 1.40 bits per heavy atom. The first-order valence-electron chi connectivity index (χ1n) is 4.98. The Morgan fingerprint density at radius 3 is 2.33 bits per heavy atom. The number of carbonyl (C=O) groups excluding carboxylic acids is 2. The zero-order chi connectivity index (χ0) is 12.1. The second kappa shape index (κ2) is 5.58. The molecule has 3 N–H and O–H groups in total. The quantitative estimate of drug-likeness (QED) is 0.740. The number of hydrogen-bond donors (Lipinski definition) is 2. The first-order valence-corrected chi connectivity index (χ1v) is 4.98. The molecule has 0 aliphatic rings. The fourth-order valence-electron chi connectivity index (χ4n) is 0.940. The number of primary amides is 1. The summed E-state index contributed by atoms with van der Waals surface area (Å²) in [6.45, 7) is 7.18. The second-order valence-electron chi connectivity index (χ2n) is 4.55. The zero-order valence-electron chi connectivity index (χ0n) is 9.79. The minimum Gasteiger partial charge on any atom is -0.444 e. The molecule has 0 aromatic rings. The molecule has 0 spiro atoms. The maximum absolute atomic E-state index is 11.3. The van der Waals surface area contributed by atoms with Crippen LogP contribution >= 0.6 is 0 Å². The van der Waals surface area contributed by atoms with Crippen LogP contribution in [-0.4, -0.2) is 23.6 Å². The van der Waals surface area contributed by atoms with Gasteiger partial charge in [-0.15, -0.1) is 0 Å². The van der Waals surface area contributed by atoms with Crippen molar-refractivity contribution >= 4 is 12.0 Å². The van der Waals surface area contributed by atoms with Gasteiger partial charge in [-0.25, -0.2) is 4.79 Å². The molecule has 0 saturated heterocycles. The minimum atomic E-state index is -0.506. The Hall–Kier alpha value is -1.26. The van der Waals surface area contributed by atoms with Crippen LogP contribution in [0.4, 0.5) is 4.79 Å². The molecular formula is C10H20N2O3. The molecule has 15 heavy (non-hydrogen) atoms. The smallest absolute Gasteiger partial charge is 0.407 e. The average molecular weight is 216 g/mol. The molecule has 0 bridgehead atoms. The van der Waals surface area contributed by atoms with E-state index in [4.69, 9.17) is 10.5 Å². The molecule has 0 rings (SSSR count). The van der Waals surface area contributed by atoms with Gasteiger partial charge in [0.15, 0.2) is 0 Å². The van der Waals surface area contributed by atoms with E-state index in [1.165, 1.54) is 0 Å². The summed E-state index contributed by atoms with van der Waals surface area (Å²) in [5.74, 6) is -0.368. The highest BCUT2D eigenvalue weighted by molar-refractivity contribution is 5.74. The van der Waals surface area contributed by atoms with E-state index < -0.39 is 11.7 Å². The van der Waals surface area contributed by atoms with Crippen LogP contribution in [0.1, 0.15) is 40.5 Å². The zero-order valence-corrected chi connectivity index (χ0v) is 9.79. The van der Waals surface area contributed by atoms with Crippen LogP contribution in [0.25, 0.3) is 0 Å². The molecule has 0 heterocycles. The fourth-order valence-corrected chi connectivity index (χ4v) is 0.940. The lowest BCUT2D eigenvalue weighted by Gasteiger charge is -2.21. The Bertz CT molecular complexity index is 233. The number of carbonyl (C=O) groups is 2. The van der Waals surface area contributed by atoms with Crippen molar-refractivity contribution in [3.8, 4) is 0 Å². The molecule has 0 unspecified atom stereocenters. The fraction of sp³-hybridized carbons (Fsp3) is 0.800. The molecule has 0 aromatic heterocycles. The third kappa shape index (κ3) is 9.05. The van der Waals surface area contributed by atoms with E-state index in [9.17, 15) is 9.59 Å². The molecule has 0 radical (unpaired) electrons. The molecule has 0 aliphatic carbocycles. The van der Waals surface area contributed by atoms with Crippen molar-refractivity contribution in [3.05, 3.63) is 0 Å². The van der Waals surface area contributed by atoms with E-state index in [0.29, 0.717) is 6.42 Å². The van der Waals surface area contributed by atoms with Gasteiger partial charge in [-0.2, -0.15) is 0 Å². The van der Waals surface area contributed by atoms with Crippen LogP contribution in [-0.2, 0) is 9.53 Å².